The highest BCUT2D eigenvalue weighted by atomic mass is 79.9. The molecule has 0 unspecified atom stereocenters. The van der Waals surface area contributed by atoms with E-state index in [0.29, 0.717) is 11.3 Å². The molecule has 2 aromatic heterocycles. The summed E-state index contributed by atoms with van der Waals surface area (Å²) in [6.45, 7) is 1.77. The first kappa shape index (κ1) is 16.1. The lowest BCUT2D eigenvalue weighted by Crippen LogP contribution is -2.12. The Bertz CT molecular complexity index is 926. The summed E-state index contributed by atoms with van der Waals surface area (Å²) in [6.07, 6.45) is 6.38. The Hall–Kier alpha value is -2.80. The highest BCUT2D eigenvalue weighted by Gasteiger charge is 2.10. The minimum atomic E-state index is -0.283. The number of nitrogens with zero attached hydrogens (tertiary/aromatic N) is 3. The van der Waals surface area contributed by atoms with Gasteiger partial charge >= 0.3 is 0 Å². The van der Waals surface area contributed by atoms with Crippen LogP contribution in [0.5, 0.6) is 0 Å². The smallest absolute Gasteiger partial charge is 0.250 e. The predicted octanol–water partition coefficient (Wildman–Crippen LogP) is 4.05. The van der Waals surface area contributed by atoms with E-state index >= 15 is 0 Å². The summed E-state index contributed by atoms with van der Waals surface area (Å²) >= 11 is 3.44. The summed E-state index contributed by atoms with van der Waals surface area (Å²) in [6, 6.07) is 9.56. The van der Waals surface area contributed by atoms with Crippen LogP contribution in [-0.4, -0.2) is 20.9 Å². The Kier molecular flexibility index (Phi) is 4.81. The van der Waals surface area contributed by atoms with Crippen molar-refractivity contribution in [2.24, 2.45) is 0 Å². The van der Waals surface area contributed by atoms with E-state index in [1.165, 1.54) is 6.08 Å². The van der Waals surface area contributed by atoms with E-state index in [1.807, 2.05) is 30.3 Å². The first-order valence-corrected chi connectivity index (χ1v) is 8.03. The summed E-state index contributed by atoms with van der Waals surface area (Å²) in [5, 5.41) is 6.72. The molecule has 2 N–H and O–H groups in total. The summed E-state index contributed by atoms with van der Waals surface area (Å²) < 4.78 is 0.953. The van der Waals surface area contributed by atoms with E-state index in [2.05, 4.69) is 41.5 Å². The number of amides is 1. The van der Waals surface area contributed by atoms with Crippen molar-refractivity contribution in [3.8, 4) is 0 Å². The van der Waals surface area contributed by atoms with Crippen LogP contribution in [-0.2, 0) is 4.79 Å². The molecule has 0 spiro atoms. The Balaban J connectivity index is 2.02. The monoisotopic (exact) mass is 383 g/mol. The third-order valence-corrected chi connectivity index (χ3v) is 3.63. The number of nitrogens with one attached hydrogen (secondary N) is 2. The van der Waals surface area contributed by atoms with Gasteiger partial charge in [-0.05, 0) is 37.3 Å². The normalized spacial score (nSPS) is 10.9. The summed E-state index contributed by atoms with van der Waals surface area (Å²) in [7, 11) is 0. The third-order valence-electron chi connectivity index (χ3n) is 3.14. The first-order chi connectivity index (χ1) is 11.7. The zero-order chi connectivity index (χ0) is 16.9. The molecule has 120 valence electrons. The molecule has 3 aromatic rings. The van der Waals surface area contributed by atoms with Gasteiger partial charge in [0.1, 0.15) is 5.82 Å². The van der Waals surface area contributed by atoms with Crippen LogP contribution in [0.25, 0.3) is 10.9 Å². The molecule has 2 heterocycles. The van der Waals surface area contributed by atoms with Gasteiger partial charge in [-0.25, -0.2) is 4.98 Å². The van der Waals surface area contributed by atoms with Crippen LogP contribution in [0.1, 0.15) is 6.92 Å². The van der Waals surface area contributed by atoms with Crippen LogP contribution in [0.2, 0.25) is 0 Å². The molecule has 0 saturated heterocycles. The molecule has 0 fully saturated rings. The Morgan fingerprint density at radius 3 is 2.92 bits per heavy atom. The van der Waals surface area contributed by atoms with Crippen molar-refractivity contribution in [1.29, 1.82) is 0 Å². The Morgan fingerprint density at radius 2 is 2.12 bits per heavy atom. The third kappa shape index (κ3) is 3.75. The molecule has 0 atom stereocenters. The molecule has 0 aliphatic rings. The van der Waals surface area contributed by atoms with Crippen LogP contribution < -0.4 is 10.6 Å². The van der Waals surface area contributed by atoms with Crippen molar-refractivity contribution >= 4 is 50.2 Å². The van der Waals surface area contributed by atoms with Crippen molar-refractivity contribution < 1.29 is 4.79 Å². The van der Waals surface area contributed by atoms with Gasteiger partial charge in [0.2, 0.25) is 11.9 Å². The second kappa shape index (κ2) is 7.18. The summed E-state index contributed by atoms with van der Waals surface area (Å²) in [5.74, 6) is 0.529. The second-order valence-electron chi connectivity index (χ2n) is 4.91. The van der Waals surface area contributed by atoms with Crippen LogP contribution in [0.3, 0.4) is 0 Å². The number of rotatable bonds is 4. The predicted molar refractivity (Wildman–Crippen MR) is 98.2 cm³/mol. The largest absolute Gasteiger partial charge is 0.340 e. The van der Waals surface area contributed by atoms with E-state index in [1.54, 1.807) is 25.4 Å². The number of carbonyl (C=O) groups excluding carboxylic acids is 1. The number of fused-ring (bicyclic) bond motifs is 1. The van der Waals surface area contributed by atoms with Gasteiger partial charge in [0.15, 0.2) is 0 Å². The number of benzene rings is 1. The molecule has 0 saturated carbocycles. The Labute approximate surface area is 147 Å². The minimum absolute atomic E-state index is 0.219. The van der Waals surface area contributed by atoms with Gasteiger partial charge in [0.25, 0.3) is 0 Å². The van der Waals surface area contributed by atoms with Gasteiger partial charge < -0.3 is 5.32 Å². The molecule has 6 nitrogen and oxygen atoms in total. The summed E-state index contributed by atoms with van der Waals surface area (Å²) in [4.78, 5) is 24.6. The highest BCUT2D eigenvalue weighted by molar-refractivity contribution is 9.10. The fraction of sp³-hybridized carbons (Fsp3) is 0.0588. The Morgan fingerprint density at radius 1 is 1.25 bits per heavy atom. The molecule has 3 rings (SSSR count). The van der Waals surface area contributed by atoms with Crippen molar-refractivity contribution in [3.05, 3.63) is 59.4 Å². The fourth-order valence-electron chi connectivity index (χ4n) is 2.14. The first-order valence-electron chi connectivity index (χ1n) is 7.24. The van der Waals surface area contributed by atoms with Gasteiger partial charge in [-0.1, -0.05) is 28.1 Å². The molecule has 24 heavy (non-hydrogen) atoms. The van der Waals surface area contributed by atoms with Gasteiger partial charge in [-0.2, -0.15) is 4.98 Å². The van der Waals surface area contributed by atoms with Crippen molar-refractivity contribution in [2.75, 3.05) is 10.6 Å². The van der Waals surface area contributed by atoms with Crippen LogP contribution in [0.15, 0.2) is 59.4 Å². The maximum absolute atomic E-state index is 11.7. The van der Waals surface area contributed by atoms with Crippen molar-refractivity contribution in [2.45, 2.75) is 6.92 Å². The van der Waals surface area contributed by atoms with E-state index in [4.69, 9.17) is 0 Å². The van der Waals surface area contributed by atoms with Gasteiger partial charge in [-0.3, -0.25) is 15.1 Å². The van der Waals surface area contributed by atoms with E-state index < -0.39 is 0 Å². The number of anilines is 3. The van der Waals surface area contributed by atoms with Crippen molar-refractivity contribution in [3.63, 3.8) is 0 Å². The molecular formula is C17H14BrN5O. The maximum Gasteiger partial charge on any atom is 0.250 e. The lowest BCUT2D eigenvalue weighted by molar-refractivity contribution is -0.111. The van der Waals surface area contributed by atoms with Crippen molar-refractivity contribution in [1.82, 2.24) is 15.0 Å². The van der Waals surface area contributed by atoms with E-state index in [-0.39, 0.29) is 11.9 Å². The zero-order valence-electron chi connectivity index (χ0n) is 12.8. The maximum atomic E-state index is 11.7. The number of halogens is 1. The number of hydrogen-bond acceptors (Lipinski definition) is 5. The topological polar surface area (TPSA) is 79.8 Å². The van der Waals surface area contributed by atoms with Crippen LogP contribution in [0.4, 0.5) is 17.5 Å². The minimum Gasteiger partial charge on any atom is -0.340 e. The summed E-state index contributed by atoms with van der Waals surface area (Å²) in [5.41, 5.74) is 1.51. The zero-order valence-corrected chi connectivity index (χ0v) is 14.4. The average molecular weight is 384 g/mol. The lowest BCUT2D eigenvalue weighted by Gasteiger charge is -2.11. The number of allylic oxidation sites excluding steroid dienone is 1. The number of pyridine rings is 1. The van der Waals surface area contributed by atoms with Gasteiger partial charge in [-0.15, -0.1) is 0 Å². The molecular weight excluding hydrogens is 370 g/mol. The quantitative estimate of drug-likeness (QED) is 0.664. The van der Waals surface area contributed by atoms with Crippen LogP contribution in [0, 0.1) is 0 Å². The second-order valence-corrected chi connectivity index (χ2v) is 5.83. The van der Waals surface area contributed by atoms with Gasteiger partial charge in [0, 0.05) is 21.7 Å². The van der Waals surface area contributed by atoms with Crippen LogP contribution >= 0.6 is 15.9 Å². The lowest BCUT2D eigenvalue weighted by atomic mass is 10.2. The highest BCUT2D eigenvalue weighted by Crippen LogP contribution is 2.26. The molecule has 0 aliphatic heterocycles. The molecule has 7 heteroatoms. The molecule has 0 aliphatic carbocycles. The fourth-order valence-corrected chi connectivity index (χ4v) is 2.54. The average Bonchev–Trinajstić information content (AvgIpc) is 2.55. The molecule has 1 amide bonds. The standard InChI is InChI=1S/C17H14BrN5O/c1-2-4-15(24)22-17-21-14-10-19-8-7-13(14)16(23-17)20-12-6-3-5-11(18)9-12/h2-10H,1H3,(H2,20,21,22,23,24). The van der Waals surface area contributed by atoms with E-state index in [9.17, 15) is 4.79 Å². The number of carbonyl (C=O) groups is 1. The number of hydrogen-bond donors (Lipinski definition) is 2. The van der Waals surface area contributed by atoms with E-state index in [0.717, 1.165) is 15.5 Å². The molecule has 0 bridgehead atoms. The number of aromatic nitrogens is 3. The molecule has 0 radical (unpaired) electrons. The SMILES string of the molecule is CC=CC(=O)Nc1nc(Nc2cccc(Br)c2)c2ccncc2n1. The molecule has 1 aromatic carbocycles. The van der Waals surface area contributed by atoms with Gasteiger partial charge in [0.05, 0.1) is 11.7 Å².